The molecule has 0 aromatic heterocycles. The molecule has 0 heterocycles. The quantitative estimate of drug-likeness (QED) is 0.141. The lowest BCUT2D eigenvalue weighted by atomic mass is 9.96. The van der Waals surface area contributed by atoms with E-state index in [1.807, 2.05) is 19.1 Å². The molecule has 0 fully saturated rings. The van der Waals surface area contributed by atoms with Crippen LogP contribution in [0.1, 0.15) is 50.8 Å². The Morgan fingerprint density at radius 2 is 1.09 bits per heavy atom. The van der Waals surface area contributed by atoms with E-state index in [1.165, 1.54) is 55.3 Å². The van der Waals surface area contributed by atoms with Gasteiger partial charge in [-0.3, -0.25) is 24.1 Å². The van der Waals surface area contributed by atoms with Gasteiger partial charge in [-0.1, -0.05) is 64.1 Å². The maximum Gasteiger partial charge on any atom is 0.328 e. The van der Waals surface area contributed by atoms with Crippen LogP contribution in [0.4, 0.5) is 0 Å². The van der Waals surface area contributed by atoms with Crippen molar-refractivity contribution in [3.05, 3.63) is 89.5 Å². The monoisotopic (exact) mass is 804 g/mol. The van der Waals surface area contributed by atoms with Crippen LogP contribution in [-0.4, -0.2) is 127 Å². The number of esters is 2. The van der Waals surface area contributed by atoms with Gasteiger partial charge in [0.25, 0.3) is 5.91 Å². The van der Waals surface area contributed by atoms with Gasteiger partial charge in [-0.15, -0.1) is 0 Å². The standard InChI is InChI=1S/C44H60N4O10/c1-11-28(4)39(58-44(55)36(46(5)6)25-31-16-22-34(56-9)23-17-31)40(51)45-38(27(2)3)42(53)47(7)35(24-29-12-18-32(49)19-13-29)41(52)48(8)37(43(54)57-10)26-30-14-20-33(50)21-15-30/h12-23,27-28,35-39,49-50H,11,24-26H2,1-10H3,(H,45,51)/t28-,35+,36+,37+,38+,39+/m0/s1. The molecule has 6 atom stereocenters. The first-order valence-corrected chi connectivity index (χ1v) is 19.4. The summed E-state index contributed by atoms with van der Waals surface area (Å²) < 4.78 is 16.3. The van der Waals surface area contributed by atoms with E-state index in [0.717, 1.165) is 5.56 Å². The van der Waals surface area contributed by atoms with Gasteiger partial charge in [-0.05, 0) is 85.9 Å². The molecule has 0 saturated carbocycles. The number of carbonyl (C=O) groups is 5. The van der Waals surface area contributed by atoms with Gasteiger partial charge >= 0.3 is 11.9 Å². The summed E-state index contributed by atoms with van der Waals surface area (Å²) in [4.78, 5) is 74.2. The van der Waals surface area contributed by atoms with Gasteiger partial charge in [-0.2, -0.15) is 0 Å². The molecule has 0 aliphatic rings. The van der Waals surface area contributed by atoms with Gasteiger partial charge in [0.15, 0.2) is 6.10 Å². The summed E-state index contributed by atoms with van der Waals surface area (Å²) in [5.41, 5.74) is 2.15. The summed E-state index contributed by atoms with van der Waals surface area (Å²) in [6.45, 7) is 7.18. The number of nitrogens with one attached hydrogen (secondary N) is 1. The van der Waals surface area contributed by atoms with Crippen LogP contribution < -0.4 is 10.1 Å². The van der Waals surface area contributed by atoms with E-state index in [-0.39, 0.29) is 24.3 Å². The second-order valence-corrected chi connectivity index (χ2v) is 15.2. The number of likely N-dealkylation sites (N-methyl/N-ethyl adjacent to an activating group) is 3. The maximum atomic E-state index is 14.5. The Balaban J connectivity index is 1.92. The number of hydrogen-bond acceptors (Lipinski definition) is 11. The fourth-order valence-electron chi connectivity index (χ4n) is 6.43. The van der Waals surface area contributed by atoms with Gasteiger partial charge in [-0.25, -0.2) is 4.79 Å². The third kappa shape index (κ3) is 12.7. The molecule has 0 saturated heterocycles. The van der Waals surface area contributed by atoms with Gasteiger partial charge in [0.05, 0.1) is 14.2 Å². The average molecular weight is 805 g/mol. The largest absolute Gasteiger partial charge is 0.508 e. The summed E-state index contributed by atoms with van der Waals surface area (Å²) in [7, 11) is 9.21. The molecule has 316 valence electrons. The molecule has 0 radical (unpaired) electrons. The number of rotatable bonds is 20. The molecule has 14 heteroatoms. The molecule has 0 spiro atoms. The fraction of sp³-hybridized carbons (Fsp3) is 0.477. The molecule has 3 amide bonds. The molecule has 58 heavy (non-hydrogen) atoms. The van der Waals surface area contributed by atoms with Crippen molar-refractivity contribution in [3.8, 4) is 17.2 Å². The van der Waals surface area contributed by atoms with Crippen molar-refractivity contribution in [2.75, 3.05) is 42.4 Å². The summed E-state index contributed by atoms with van der Waals surface area (Å²) in [5, 5.41) is 22.6. The van der Waals surface area contributed by atoms with Crippen molar-refractivity contribution in [1.29, 1.82) is 0 Å². The molecule has 3 N–H and O–H groups in total. The lowest BCUT2D eigenvalue weighted by Crippen LogP contribution is -2.59. The van der Waals surface area contributed by atoms with E-state index in [1.54, 1.807) is 83.3 Å². The number of phenolic OH excluding ortho intramolecular Hbond substituents is 2. The Kier molecular flexibility index (Phi) is 17.5. The predicted octanol–water partition coefficient (Wildman–Crippen LogP) is 3.99. The minimum absolute atomic E-state index is 0.00475. The second-order valence-electron chi connectivity index (χ2n) is 15.2. The zero-order chi connectivity index (χ0) is 43.3. The van der Waals surface area contributed by atoms with Crippen molar-refractivity contribution in [2.24, 2.45) is 11.8 Å². The molecule has 0 unspecified atom stereocenters. The Morgan fingerprint density at radius 3 is 1.52 bits per heavy atom. The van der Waals surface area contributed by atoms with Crippen LogP contribution in [0.5, 0.6) is 17.2 Å². The van der Waals surface area contributed by atoms with E-state index < -0.39 is 71.8 Å². The van der Waals surface area contributed by atoms with Crippen LogP contribution in [0, 0.1) is 11.8 Å². The third-order valence-electron chi connectivity index (χ3n) is 10.5. The molecular formula is C44H60N4O10. The number of hydrogen-bond donors (Lipinski definition) is 3. The van der Waals surface area contributed by atoms with Gasteiger partial charge < -0.3 is 39.5 Å². The van der Waals surface area contributed by atoms with Gasteiger partial charge in [0, 0.05) is 32.9 Å². The zero-order valence-electron chi connectivity index (χ0n) is 35.3. The number of ether oxygens (including phenoxy) is 3. The molecule has 0 bridgehead atoms. The van der Waals surface area contributed by atoms with Crippen LogP contribution in [0.3, 0.4) is 0 Å². The van der Waals surface area contributed by atoms with Crippen LogP contribution in [-0.2, 0) is 52.7 Å². The zero-order valence-corrected chi connectivity index (χ0v) is 35.3. The van der Waals surface area contributed by atoms with Crippen LogP contribution in [0.25, 0.3) is 0 Å². The lowest BCUT2D eigenvalue weighted by molar-refractivity contribution is -0.164. The molecule has 3 aromatic carbocycles. The third-order valence-corrected chi connectivity index (χ3v) is 10.5. The topological polar surface area (TPSA) is 175 Å². The highest BCUT2D eigenvalue weighted by Crippen LogP contribution is 2.22. The summed E-state index contributed by atoms with van der Waals surface area (Å²) >= 11 is 0. The first-order valence-electron chi connectivity index (χ1n) is 19.4. The van der Waals surface area contributed by atoms with Gasteiger partial charge in [0.1, 0.15) is 41.4 Å². The maximum absolute atomic E-state index is 14.5. The molecule has 0 aliphatic heterocycles. The van der Waals surface area contributed by atoms with Crippen molar-refractivity contribution in [2.45, 2.75) is 83.6 Å². The molecule has 3 aromatic rings. The predicted molar refractivity (Wildman–Crippen MR) is 219 cm³/mol. The lowest BCUT2D eigenvalue weighted by Gasteiger charge is -2.36. The normalized spacial score (nSPS) is 14.3. The molecule has 0 aliphatic carbocycles. The average Bonchev–Trinajstić information content (AvgIpc) is 3.21. The van der Waals surface area contributed by atoms with E-state index >= 15 is 0 Å². The Hall–Kier alpha value is -5.63. The van der Waals surface area contributed by atoms with E-state index in [4.69, 9.17) is 14.2 Å². The Bertz CT molecular complexity index is 1820. The summed E-state index contributed by atoms with van der Waals surface area (Å²) in [6.07, 6.45) is -0.341. The SMILES string of the molecule is CC[C@H](C)[C@@H](OC(=O)[C@@H](Cc1ccc(OC)cc1)N(C)C)C(=O)N[C@@H](C(=O)N(C)[C@H](Cc1ccc(O)cc1)C(=O)N(C)[C@H](Cc1ccc(O)cc1)C(=O)OC)C(C)C. The van der Waals surface area contributed by atoms with E-state index in [0.29, 0.717) is 29.7 Å². The highest BCUT2D eigenvalue weighted by atomic mass is 16.6. The Labute approximate surface area is 342 Å². The van der Waals surface area contributed by atoms with E-state index in [2.05, 4.69) is 5.32 Å². The van der Waals surface area contributed by atoms with Gasteiger partial charge in [0.2, 0.25) is 11.8 Å². The summed E-state index contributed by atoms with van der Waals surface area (Å²) in [5.74, 6) is -3.22. The van der Waals surface area contributed by atoms with Crippen LogP contribution in [0.15, 0.2) is 72.8 Å². The minimum Gasteiger partial charge on any atom is -0.508 e. The number of nitrogens with zero attached hydrogens (tertiary/aromatic N) is 3. The first-order chi connectivity index (χ1) is 27.4. The fourth-order valence-corrected chi connectivity index (χ4v) is 6.43. The second kappa shape index (κ2) is 21.8. The number of aromatic hydroxyl groups is 2. The highest BCUT2D eigenvalue weighted by Gasteiger charge is 2.40. The summed E-state index contributed by atoms with van der Waals surface area (Å²) in [6, 6.07) is 15.6. The molecular weight excluding hydrogens is 745 g/mol. The number of methoxy groups -OCH3 is 2. The molecule has 14 nitrogen and oxygen atoms in total. The highest BCUT2D eigenvalue weighted by molar-refractivity contribution is 5.95. The number of carbonyl (C=O) groups excluding carboxylic acids is 5. The van der Waals surface area contributed by atoms with Crippen molar-refractivity contribution in [3.63, 3.8) is 0 Å². The number of phenols is 2. The van der Waals surface area contributed by atoms with E-state index in [9.17, 15) is 34.2 Å². The smallest absolute Gasteiger partial charge is 0.328 e. The number of benzene rings is 3. The molecule has 3 rings (SSSR count). The van der Waals surface area contributed by atoms with Crippen molar-refractivity contribution in [1.82, 2.24) is 20.0 Å². The van der Waals surface area contributed by atoms with Crippen LogP contribution >= 0.6 is 0 Å². The minimum atomic E-state index is -1.23. The van der Waals surface area contributed by atoms with Crippen molar-refractivity contribution >= 4 is 29.7 Å². The Morgan fingerprint density at radius 1 is 0.638 bits per heavy atom. The number of amides is 3. The van der Waals surface area contributed by atoms with Crippen LogP contribution in [0.2, 0.25) is 0 Å². The first kappa shape index (κ1) is 46.8. The van der Waals surface area contributed by atoms with Crippen molar-refractivity contribution < 1.29 is 48.4 Å².